The summed E-state index contributed by atoms with van der Waals surface area (Å²) in [7, 11) is 0. The third-order valence-electron chi connectivity index (χ3n) is 5.62. The van der Waals surface area contributed by atoms with Gasteiger partial charge in [0.25, 0.3) is 0 Å². The Morgan fingerprint density at radius 3 is 2.04 bits per heavy atom. The molecule has 1 atom stereocenters. The summed E-state index contributed by atoms with van der Waals surface area (Å²) in [5.41, 5.74) is 2.51. The van der Waals surface area contributed by atoms with E-state index in [9.17, 15) is 19.5 Å². The Morgan fingerprint density at radius 1 is 0.964 bits per heavy atom. The SMILES string of the molecule is Cc1cc(C)cc(C(NC(=O)C2CCN(C(=O)N3CCCC3)CC2)C(=O)O)c1. The van der Waals surface area contributed by atoms with E-state index in [1.54, 1.807) is 12.1 Å². The van der Waals surface area contributed by atoms with Crippen molar-refractivity contribution in [3.8, 4) is 0 Å². The Labute approximate surface area is 165 Å². The maximum absolute atomic E-state index is 12.7. The number of aliphatic carboxylic acids is 1. The first-order valence-corrected chi connectivity index (χ1v) is 10.0. The summed E-state index contributed by atoms with van der Waals surface area (Å²) in [6.07, 6.45) is 3.23. The normalized spacial score (nSPS) is 18.8. The number of carbonyl (C=O) groups is 3. The Morgan fingerprint density at radius 2 is 1.50 bits per heavy atom. The lowest BCUT2D eigenvalue weighted by Crippen LogP contribution is -2.48. The lowest BCUT2D eigenvalue weighted by Gasteiger charge is -2.34. The number of carboxylic acids is 1. The number of urea groups is 1. The largest absolute Gasteiger partial charge is 0.479 e. The highest BCUT2D eigenvalue weighted by molar-refractivity contribution is 5.86. The van der Waals surface area contributed by atoms with Crippen molar-refractivity contribution in [2.45, 2.75) is 45.6 Å². The van der Waals surface area contributed by atoms with Gasteiger partial charge in [-0.25, -0.2) is 9.59 Å². The van der Waals surface area contributed by atoms with Gasteiger partial charge in [-0.3, -0.25) is 4.79 Å². The average molecular weight is 387 g/mol. The van der Waals surface area contributed by atoms with E-state index in [4.69, 9.17) is 0 Å². The molecule has 28 heavy (non-hydrogen) atoms. The highest BCUT2D eigenvalue weighted by Gasteiger charge is 2.32. The van der Waals surface area contributed by atoms with E-state index in [0.717, 1.165) is 37.1 Å². The average Bonchev–Trinajstić information content (AvgIpc) is 3.19. The molecule has 0 aliphatic carbocycles. The van der Waals surface area contributed by atoms with Crippen LogP contribution < -0.4 is 5.32 Å². The van der Waals surface area contributed by atoms with Crippen molar-refractivity contribution < 1.29 is 19.5 Å². The van der Waals surface area contributed by atoms with Gasteiger partial charge in [0.05, 0.1) is 0 Å². The molecule has 7 nitrogen and oxygen atoms in total. The van der Waals surface area contributed by atoms with Crippen LogP contribution in [0.25, 0.3) is 0 Å². The third-order valence-corrected chi connectivity index (χ3v) is 5.62. The standard InChI is InChI=1S/C21H29N3O4/c1-14-11-15(2)13-17(12-14)18(20(26)27)22-19(25)16-5-9-24(10-6-16)21(28)23-7-3-4-8-23/h11-13,16,18H,3-10H2,1-2H3,(H,22,25)(H,26,27). The van der Waals surface area contributed by atoms with Crippen LogP contribution in [0.3, 0.4) is 0 Å². The van der Waals surface area contributed by atoms with E-state index in [0.29, 0.717) is 31.5 Å². The second kappa shape index (κ2) is 8.63. The first kappa shape index (κ1) is 20.2. The summed E-state index contributed by atoms with van der Waals surface area (Å²) in [4.78, 5) is 40.6. The van der Waals surface area contributed by atoms with E-state index >= 15 is 0 Å². The predicted octanol–water partition coefficient (Wildman–Crippen LogP) is 2.47. The Balaban J connectivity index is 1.59. The van der Waals surface area contributed by atoms with Crippen molar-refractivity contribution >= 4 is 17.9 Å². The molecule has 152 valence electrons. The summed E-state index contributed by atoms with van der Waals surface area (Å²) in [6, 6.07) is 4.56. The number of amides is 3. The van der Waals surface area contributed by atoms with Gasteiger partial charge in [-0.1, -0.05) is 29.3 Å². The number of piperidine rings is 1. The second-order valence-electron chi connectivity index (χ2n) is 7.94. The van der Waals surface area contributed by atoms with Crippen molar-refractivity contribution in [2.24, 2.45) is 5.92 Å². The van der Waals surface area contributed by atoms with E-state index in [-0.39, 0.29) is 17.9 Å². The van der Waals surface area contributed by atoms with Gasteiger partial charge in [-0.15, -0.1) is 0 Å². The number of carbonyl (C=O) groups excluding carboxylic acids is 2. The first-order valence-electron chi connectivity index (χ1n) is 10.0. The van der Waals surface area contributed by atoms with Crippen LogP contribution >= 0.6 is 0 Å². The number of benzene rings is 1. The zero-order chi connectivity index (χ0) is 20.3. The van der Waals surface area contributed by atoms with Gasteiger partial charge in [-0.2, -0.15) is 0 Å². The van der Waals surface area contributed by atoms with Gasteiger partial charge in [-0.05, 0) is 45.1 Å². The van der Waals surface area contributed by atoms with E-state index in [1.807, 2.05) is 29.7 Å². The van der Waals surface area contributed by atoms with Crippen molar-refractivity contribution in [1.82, 2.24) is 15.1 Å². The highest BCUT2D eigenvalue weighted by Crippen LogP contribution is 2.23. The van der Waals surface area contributed by atoms with E-state index in [1.165, 1.54) is 0 Å². The zero-order valence-electron chi connectivity index (χ0n) is 16.6. The molecule has 2 N–H and O–H groups in total. The molecule has 2 aliphatic heterocycles. The van der Waals surface area contributed by atoms with Crippen LogP contribution in [0, 0.1) is 19.8 Å². The van der Waals surface area contributed by atoms with Crippen LogP contribution in [0.1, 0.15) is 48.4 Å². The molecule has 0 aromatic heterocycles. The van der Waals surface area contributed by atoms with Gasteiger partial charge in [0, 0.05) is 32.1 Å². The quantitative estimate of drug-likeness (QED) is 0.830. The van der Waals surface area contributed by atoms with E-state index < -0.39 is 12.0 Å². The molecule has 3 amide bonds. The summed E-state index contributed by atoms with van der Waals surface area (Å²) in [6.45, 7) is 6.52. The minimum atomic E-state index is -1.07. The van der Waals surface area contributed by atoms with Crippen LogP contribution in [0.15, 0.2) is 18.2 Å². The molecule has 0 saturated carbocycles. The number of nitrogens with zero attached hydrogens (tertiary/aromatic N) is 2. The second-order valence-corrected chi connectivity index (χ2v) is 7.94. The Kier molecular flexibility index (Phi) is 6.21. The predicted molar refractivity (Wildman–Crippen MR) is 105 cm³/mol. The number of rotatable bonds is 4. The molecular formula is C21H29N3O4. The van der Waals surface area contributed by atoms with Gasteiger partial charge < -0.3 is 20.2 Å². The third kappa shape index (κ3) is 4.64. The zero-order valence-corrected chi connectivity index (χ0v) is 16.6. The number of likely N-dealkylation sites (tertiary alicyclic amines) is 2. The lowest BCUT2D eigenvalue weighted by molar-refractivity contribution is -0.143. The molecule has 1 aromatic rings. The summed E-state index contributed by atoms with van der Waals surface area (Å²) in [5, 5.41) is 12.3. The fourth-order valence-electron chi connectivity index (χ4n) is 4.17. The van der Waals surface area contributed by atoms with Crippen LogP contribution in [0.2, 0.25) is 0 Å². The maximum Gasteiger partial charge on any atom is 0.330 e. The highest BCUT2D eigenvalue weighted by atomic mass is 16.4. The van der Waals surface area contributed by atoms with Crippen molar-refractivity contribution in [2.75, 3.05) is 26.2 Å². The molecule has 1 aromatic carbocycles. The van der Waals surface area contributed by atoms with Crippen LogP contribution in [-0.4, -0.2) is 59.0 Å². The van der Waals surface area contributed by atoms with Gasteiger partial charge >= 0.3 is 12.0 Å². The number of hydrogen-bond acceptors (Lipinski definition) is 3. The maximum atomic E-state index is 12.7. The minimum absolute atomic E-state index is 0.0648. The van der Waals surface area contributed by atoms with Crippen molar-refractivity contribution in [3.63, 3.8) is 0 Å². The molecule has 3 rings (SSSR count). The number of nitrogens with one attached hydrogen (secondary N) is 1. The van der Waals surface area contributed by atoms with E-state index in [2.05, 4.69) is 5.32 Å². The molecule has 0 bridgehead atoms. The summed E-state index contributed by atoms with van der Waals surface area (Å²) < 4.78 is 0. The molecule has 1 unspecified atom stereocenters. The minimum Gasteiger partial charge on any atom is -0.479 e. The van der Waals surface area contributed by atoms with Crippen LogP contribution in [0.5, 0.6) is 0 Å². The molecule has 0 radical (unpaired) electrons. The molecular weight excluding hydrogens is 358 g/mol. The Bertz CT molecular complexity index is 730. The van der Waals surface area contributed by atoms with Gasteiger partial charge in [0.2, 0.25) is 5.91 Å². The number of carboxylic acid groups (broad SMARTS) is 1. The number of hydrogen-bond donors (Lipinski definition) is 2. The fraction of sp³-hybridized carbons (Fsp3) is 0.571. The molecule has 7 heteroatoms. The molecule has 2 heterocycles. The number of aryl methyl sites for hydroxylation is 2. The summed E-state index contributed by atoms with van der Waals surface area (Å²) >= 11 is 0. The van der Waals surface area contributed by atoms with Gasteiger partial charge in [0.1, 0.15) is 0 Å². The summed E-state index contributed by atoms with van der Waals surface area (Å²) in [5.74, 6) is -1.59. The van der Waals surface area contributed by atoms with Crippen LogP contribution in [-0.2, 0) is 9.59 Å². The Hall–Kier alpha value is -2.57. The van der Waals surface area contributed by atoms with Gasteiger partial charge in [0.15, 0.2) is 6.04 Å². The molecule has 0 spiro atoms. The monoisotopic (exact) mass is 387 g/mol. The van der Waals surface area contributed by atoms with Crippen molar-refractivity contribution in [1.29, 1.82) is 0 Å². The smallest absolute Gasteiger partial charge is 0.330 e. The lowest BCUT2D eigenvalue weighted by atomic mass is 9.94. The van der Waals surface area contributed by atoms with Crippen molar-refractivity contribution in [3.05, 3.63) is 34.9 Å². The molecule has 2 aliphatic rings. The van der Waals surface area contributed by atoms with Crippen LogP contribution in [0.4, 0.5) is 4.79 Å². The first-order chi connectivity index (χ1) is 13.3. The molecule has 2 fully saturated rings. The fourth-order valence-corrected chi connectivity index (χ4v) is 4.17. The molecule has 2 saturated heterocycles. The topological polar surface area (TPSA) is 90.0 Å².